The molecule has 0 amide bonds. The molecule has 0 spiro atoms. The molecule has 0 saturated carbocycles. The Labute approximate surface area is 132 Å². The van der Waals surface area contributed by atoms with Gasteiger partial charge in [-0.1, -0.05) is 33.6 Å². The molecule has 5 heteroatoms. The molecule has 1 aromatic heterocycles. The van der Waals surface area contributed by atoms with Gasteiger partial charge in [0.15, 0.2) is 0 Å². The molecule has 0 aliphatic carbocycles. The van der Waals surface area contributed by atoms with Crippen LogP contribution in [0.25, 0.3) is 0 Å². The number of benzene rings is 1. The van der Waals surface area contributed by atoms with Crippen molar-refractivity contribution >= 4 is 27.5 Å². The van der Waals surface area contributed by atoms with Gasteiger partial charge in [0.2, 0.25) is 0 Å². The Morgan fingerprint density at radius 2 is 1.85 bits per heavy atom. The lowest BCUT2D eigenvalue weighted by Crippen LogP contribution is -1.99. The summed E-state index contributed by atoms with van der Waals surface area (Å²) >= 11 is 9.99. The summed E-state index contributed by atoms with van der Waals surface area (Å²) in [5.41, 5.74) is 1.99. The van der Waals surface area contributed by atoms with E-state index in [0.29, 0.717) is 16.5 Å². The van der Waals surface area contributed by atoms with Gasteiger partial charge in [0.25, 0.3) is 0 Å². The van der Waals surface area contributed by atoms with Crippen molar-refractivity contribution in [1.82, 2.24) is 0 Å². The zero-order valence-electron chi connectivity index (χ0n) is 11.8. The summed E-state index contributed by atoms with van der Waals surface area (Å²) in [5.74, 6) is 2.94. The van der Waals surface area contributed by atoms with Crippen LogP contribution < -0.4 is 9.47 Å². The largest absolute Gasteiger partial charge is 0.495 e. The highest BCUT2D eigenvalue weighted by Gasteiger charge is 2.23. The summed E-state index contributed by atoms with van der Waals surface area (Å²) in [5, 5.41) is 0.467. The van der Waals surface area contributed by atoms with E-state index in [1.165, 1.54) is 0 Å². The van der Waals surface area contributed by atoms with Crippen molar-refractivity contribution in [2.75, 3.05) is 14.2 Å². The van der Waals surface area contributed by atoms with E-state index in [2.05, 4.69) is 15.9 Å². The number of halogens is 2. The average Bonchev–Trinajstić information content (AvgIpc) is 2.76. The van der Waals surface area contributed by atoms with E-state index < -0.39 is 0 Å². The van der Waals surface area contributed by atoms with Crippen LogP contribution in [0.15, 0.2) is 22.6 Å². The maximum atomic E-state index is 6.30. The molecule has 0 fully saturated rings. The minimum absolute atomic E-state index is 0.0571. The number of hydrogen-bond acceptors (Lipinski definition) is 3. The minimum Gasteiger partial charge on any atom is -0.495 e. The van der Waals surface area contributed by atoms with Gasteiger partial charge in [0.05, 0.1) is 19.0 Å². The quantitative estimate of drug-likeness (QED) is 0.716. The molecule has 1 heterocycles. The minimum atomic E-state index is -0.0571. The first-order valence-electron chi connectivity index (χ1n) is 6.11. The maximum Gasteiger partial charge on any atom is 0.145 e. The van der Waals surface area contributed by atoms with Crippen molar-refractivity contribution in [3.05, 3.63) is 45.9 Å². The summed E-state index contributed by atoms with van der Waals surface area (Å²) in [4.78, 5) is -0.0571. The highest BCUT2D eigenvalue weighted by Crippen LogP contribution is 2.45. The molecule has 0 radical (unpaired) electrons. The normalized spacial score (nSPS) is 12.3. The molecule has 2 rings (SSSR count). The van der Waals surface area contributed by atoms with Crippen LogP contribution in [0.5, 0.6) is 11.5 Å². The summed E-state index contributed by atoms with van der Waals surface area (Å²) in [7, 11) is 3.17. The SMILES string of the molecule is COc1ccc(C(Br)c2cc(C)oc2C)c(OC)c1Cl. The van der Waals surface area contributed by atoms with Crippen molar-refractivity contribution in [3.8, 4) is 11.5 Å². The Balaban J connectivity index is 2.52. The van der Waals surface area contributed by atoms with Gasteiger partial charge in [-0.2, -0.15) is 0 Å². The predicted octanol–water partition coefficient (Wildman–Crippen LogP) is 5.05. The number of alkyl halides is 1. The lowest BCUT2D eigenvalue weighted by Gasteiger charge is -2.16. The number of hydrogen-bond donors (Lipinski definition) is 0. The van der Waals surface area contributed by atoms with E-state index in [4.69, 9.17) is 25.5 Å². The van der Waals surface area contributed by atoms with Gasteiger partial charge in [-0.05, 0) is 26.0 Å². The molecule has 0 N–H and O–H groups in total. The second kappa shape index (κ2) is 6.10. The van der Waals surface area contributed by atoms with E-state index >= 15 is 0 Å². The maximum absolute atomic E-state index is 6.30. The molecule has 0 bridgehead atoms. The molecule has 0 aliphatic heterocycles. The number of ether oxygens (including phenoxy) is 2. The third kappa shape index (κ3) is 2.67. The fourth-order valence-corrected chi connectivity index (χ4v) is 3.33. The zero-order valence-corrected chi connectivity index (χ0v) is 14.1. The first-order chi connectivity index (χ1) is 9.49. The molecule has 1 unspecified atom stereocenters. The van der Waals surface area contributed by atoms with Gasteiger partial charge < -0.3 is 13.9 Å². The second-order valence-corrected chi connectivity index (χ2v) is 5.73. The van der Waals surface area contributed by atoms with Gasteiger partial charge in [0, 0.05) is 11.1 Å². The van der Waals surface area contributed by atoms with Crippen molar-refractivity contribution in [1.29, 1.82) is 0 Å². The van der Waals surface area contributed by atoms with Crippen LogP contribution >= 0.6 is 27.5 Å². The number of methoxy groups -OCH3 is 2. The molecule has 108 valence electrons. The highest BCUT2D eigenvalue weighted by molar-refractivity contribution is 9.09. The molecule has 1 aromatic carbocycles. The average molecular weight is 360 g/mol. The van der Waals surface area contributed by atoms with Crippen LogP contribution in [-0.4, -0.2) is 14.2 Å². The fourth-order valence-electron chi connectivity index (χ4n) is 2.19. The van der Waals surface area contributed by atoms with E-state index in [9.17, 15) is 0 Å². The lowest BCUT2D eigenvalue weighted by molar-refractivity contribution is 0.392. The van der Waals surface area contributed by atoms with Gasteiger partial charge in [-0.15, -0.1) is 0 Å². The Hall–Kier alpha value is -1.13. The van der Waals surface area contributed by atoms with Crippen LogP contribution in [0.1, 0.15) is 27.5 Å². The second-order valence-electron chi connectivity index (χ2n) is 4.44. The van der Waals surface area contributed by atoms with E-state index in [0.717, 1.165) is 22.6 Å². The zero-order chi connectivity index (χ0) is 14.9. The molecule has 1 atom stereocenters. The van der Waals surface area contributed by atoms with Gasteiger partial charge in [-0.25, -0.2) is 0 Å². The molecule has 0 aliphatic rings. The number of furan rings is 1. The first kappa shape index (κ1) is 15.3. The van der Waals surface area contributed by atoms with Crippen molar-refractivity contribution in [2.24, 2.45) is 0 Å². The van der Waals surface area contributed by atoms with E-state index in [-0.39, 0.29) is 4.83 Å². The summed E-state index contributed by atoms with van der Waals surface area (Å²) in [6, 6.07) is 5.77. The molecule has 2 aromatic rings. The Bertz CT molecular complexity index is 622. The van der Waals surface area contributed by atoms with Gasteiger partial charge in [0.1, 0.15) is 28.0 Å². The lowest BCUT2D eigenvalue weighted by atomic mass is 10.0. The van der Waals surface area contributed by atoms with Gasteiger partial charge in [-0.3, -0.25) is 0 Å². The summed E-state index contributed by atoms with van der Waals surface area (Å²) in [6.45, 7) is 3.86. The monoisotopic (exact) mass is 358 g/mol. The standard InChI is InChI=1S/C15H16BrClO3/c1-8-7-11(9(2)20-8)13(16)10-5-6-12(18-3)14(17)15(10)19-4/h5-7,13H,1-4H3. The fraction of sp³-hybridized carbons (Fsp3) is 0.333. The van der Waals surface area contributed by atoms with Crippen LogP contribution in [-0.2, 0) is 0 Å². The molecular formula is C15H16BrClO3. The summed E-state index contributed by atoms with van der Waals surface area (Å²) < 4.78 is 16.2. The molecular weight excluding hydrogens is 344 g/mol. The van der Waals surface area contributed by atoms with Crippen LogP contribution in [0, 0.1) is 13.8 Å². The van der Waals surface area contributed by atoms with E-state index in [1.807, 2.05) is 32.0 Å². The third-order valence-corrected chi connectivity index (χ3v) is 4.49. The molecule has 3 nitrogen and oxygen atoms in total. The topological polar surface area (TPSA) is 31.6 Å². The van der Waals surface area contributed by atoms with Crippen molar-refractivity contribution in [2.45, 2.75) is 18.7 Å². The third-order valence-electron chi connectivity index (χ3n) is 3.14. The van der Waals surface area contributed by atoms with E-state index in [1.54, 1.807) is 14.2 Å². The molecule has 20 heavy (non-hydrogen) atoms. The van der Waals surface area contributed by atoms with Gasteiger partial charge >= 0.3 is 0 Å². The molecule has 0 saturated heterocycles. The van der Waals surface area contributed by atoms with Crippen LogP contribution in [0.3, 0.4) is 0 Å². The van der Waals surface area contributed by atoms with Crippen LogP contribution in [0.4, 0.5) is 0 Å². The van der Waals surface area contributed by atoms with Crippen LogP contribution in [0.2, 0.25) is 5.02 Å². The van der Waals surface area contributed by atoms with Crippen molar-refractivity contribution < 1.29 is 13.9 Å². The Kier molecular flexibility index (Phi) is 4.66. The summed E-state index contributed by atoms with van der Waals surface area (Å²) in [6.07, 6.45) is 0. The Morgan fingerprint density at radius 3 is 2.35 bits per heavy atom. The smallest absolute Gasteiger partial charge is 0.145 e. The highest BCUT2D eigenvalue weighted by atomic mass is 79.9. The number of aryl methyl sites for hydroxylation is 2. The Morgan fingerprint density at radius 1 is 1.15 bits per heavy atom. The predicted molar refractivity (Wildman–Crippen MR) is 83.5 cm³/mol. The number of rotatable bonds is 4. The van der Waals surface area contributed by atoms with Crippen molar-refractivity contribution in [3.63, 3.8) is 0 Å². The first-order valence-corrected chi connectivity index (χ1v) is 7.40.